The summed E-state index contributed by atoms with van der Waals surface area (Å²) >= 11 is 0. The van der Waals surface area contributed by atoms with Crippen LogP contribution in [0.4, 0.5) is 4.39 Å². The first-order valence-electron chi connectivity index (χ1n) is 8.86. The largest absolute Gasteiger partial charge is 0.337 e. The fourth-order valence-electron chi connectivity index (χ4n) is 3.24. The molecule has 2 aromatic rings. The third kappa shape index (κ3) is 4.45. The van der Waals surface area contributed by atoms with Crippen molar-refractivity contribution in [2.75, 3.05) is 26.2 Å². The van der Waals surface area contributed by atoms with Crippen LogP contribution in [0.25, 0.3) is 0 Å². The molecule has 0 bridgehead atoms. The molecule has 4 heteroatoms. The molecule has 132 valence electrons. The lowest BCUT2D eigenvalue weighted by Crippen LogP contribution is -2.35. The van der Waals surface area contributed by atoms with E-state index >= 15 is 0 Å². The van der Waals surface area contributed by atoms with E-state index < -0.39 is 0 Å². The number of aryl methyl sites for hydroxylation is 2. The summed E-state index contributed by atoms with van der Waals surface area (Å²) in [6.45, 7) is 8.20. The predicted octanol–water partition coefficient (Wildman–Crippen LogP) is 3.79. The smallest absolute Gasteiger partial charge is 0.253 e. The molecule has 3 rings (SSSR count). The molecule has 0 N–H and O–H groups in total. The average molecular weight is 340 g/mol. The van der Waals surface area contributed by atoms with Crippen LogP contribution >= 0.6 is 0 Å². The maximum Gasteiger partial charge on any atom is 0.253 e. The summed E-state index contributed by atoms with van der Waals surface area (Å²) in [5.74, 6) is -0.0866. The third-order valence-corrected chi connectivity index (χ3v) is 4.95. The van der Waals surface area contributed by atoms with E-state index in [9.17, 15) is 9.18 Å². The van der Waals surface area contributed by atoms with Crippen LogP contribution < -0.4 is 0 Å². The van der Waals surface area contributed by atoms with Gasteiger partial charge in [0.2, 0.25) is 0 Å². The van der Waals surface area contributed by atoms with E-state index in [2.05, 4.69) is 11.8 Å². The van der Waals surface area contributed by atoms with E-state index in [0.29, 0.717) is 0 Å². The summed E-state index contributed by atoms with van der Waals surface area (Å²) in [5, 5.41) is 0. The van der Waals surface area contributed by atoms with Gasteiger partial charge < -0.3 is 4.90 Å². The highest BCUT2D eigenvalue weighted by Crippen LogP contribution is 2.15. The van der Waals surface area contributed by atoms with Gasteiger partial charge in [-0.1, -0.05) is 18.2 Å². The summed E-state index contributed by atoms with van der Waals surface area (Å²) in [4.78, 5) is 17.1. The zero-order valence-electron chi connectivity index (χ0n) is 15.0. The van der Waals surface area contributed by atoms with Gasteiger partial charge in [0.15, 0.2) is 0 Å². The van der Waals surface area contributed by atoms with E-state index in [1.54, 1.807) is 0 Å². The number of rotatable bonds is 3. The second-order valence-electron chi connectivity index (χ2n) is 6.85. The zero-order valence-corrected chi connectivity index (χ0v) is 15.0. The van der Waals surface area contributed by atoms with Crippen molar-refractivity contribution in [1.29, 1.82) is 0 Å². The molecule has 1 saturated heterocycles. The second kappa shape index (κ2) is 7.79. The van der Waals surface area contributed by atoms with Crippen LogP contribution in [0, 0.1) is 19.7 Å². The van der Waals surface area contributed by atoms with Gasteiger partial charge in [-0.15, -0.1) is 0 Å². The average Bonchev–Trinajstić information content (AvgIpc) is 2.84. The van der Waals surface area contributed by atoms with Gasteiger partial charge in [0.1, 0.15) is 5.82 Å². The highest BCUT2D eigenvalue weighted by molar-refractivity contribution is 5.94. The maximum absolute atomic E-state index is 13.0. The Morgan fingerprint density at radius 2 is 1.72 bits per heavy atom. The molecule has 0 saturated carbocycles. The molecule has 0 aliphatic carbocycles. The molecule has 3 nitrogen and oxygen atoms in total. The Labute approximate surface area is 149 Å². The van der Waals surface area contributed by atoms with Crippen LogP contribution in [0.5, 0.6) is 0 Å². The Bertz CT molecular complexity index is 742. The van der Waals surface area contributed by atoms with Crippen LogP contribution in [-0.2, 0) is 6.54 Å². The minimum atomic E-state index is -0.204. The monoisotopic (exact) mass is 340 g/mol. The SMILES string of the molecule is Cc1ccc(C(=O)N2CCCN(Cc3ccc(F)cc3)CC2)cc1C. The van der Waals surface area contributed by atoms with Crippen molar-refractivity contribution < 1.29 is 9.18 Å². The van der Waals surface area contributed by atoms with Crippen molar-refractivity contribution in [2.45, 2.75) is 26.8 Å². The van der Waals surface area contributed by atoms with Crippen LogP contribution in [0.3, 0.4) is 0 Å². The maximum atomic E-state index is 13.0. The Kier molecular flexibility index (Phi) is 5.49. The van der Waals surface area contributed by atoms with Crippen molar-refractivity contribution >= 4 is 5.91 Å². The standard InChI is InChI=1S/C21H25FN2O/c1-16-4-7-19(14-17(16)2)21(25)24-11-3-10-23(12-13-24)15-18-5-8-20(22)9-6-18/h4-9,14H,3,10-13,15H2,1-2H3. The molecule has 0 spiro atoms. The lowest BCUT2D eigenvalue weighted by molar-refractivity contribution is 0.0761. The molecule has 0 radical (unpaired) electrons. The molecule has 0 aromatic heterocycles. The van der Waals surface area contributed by atoms with Gasteiger partial charge >= 0.3 is 0 Å². The molecule has 1 amide bonds. The lowest BCUT2D eigenvalue weighted by atomic mass is 10.1. The minimum absolute atomic E-state index is 0.117. The lowest BCUT2D eigenvalue weighted by Gasteiger charge is -2.22. The molecular formula is C21H25FN2O. The van der Waals surface area contributed by atoms with Gasteiger partial charge in [-0.25, -0.2) is 4.39 Å². The van der Waals surface area contributed by atoms with Crippen LogP contribution in [-0.4, -0.2) is 41.9 Å². The van der Waals surface area contributed by atoms with Crippen LogP contribution in [0.1, 0.15) is 33.5 Å². The molecule has 1 heterocycles. The molecule has 1 fully saturated rings. The molecular weight excluding hydrogens is 315 g/mol. The van der Waals surface area contributed by atoms with Crippen molar-refractivity contribution in [3.05, 3.63) is 70.5 Å². The molecule has 0 atom stereocenters. The Hall–Kier alpha value is -2.20. The van der Waals surface area contributed by atoms with Gasteiger partial charge in [0, 0.05) is 38.3 Å². The summed E-state index contributed by atoms with van der Waals surface area (Å²) < 4.78 is 13.0. The van der Waals surface area contributed by atoms with Gasteiger partial charge in [0.25, 0.3) is 5.91 Å². The number of benzene rings is 2. The van der Waals surface area contributed by atoms with Crippen molar-refractivity contribution in [3.63, 3.8) is 0 Å². The van der Waals surface area contributed by atoms with E-state index in [1.807, 2.05) is 42.2 Å². The van der Waals surface area contributed by atoms with Crippen LogP contribution in [0.15, 0.2) is 42.5 Å². The topological polar surface area (TPSA) is 23.6 Å². The van der Waals surface area contributed by atoms with E-state index in [1.165, 1.54) is 17.7 Å². The normalized spacial score (nSPS) is 15.9. The highest BCUT2D eigenvalue weighted by Gasteiger charge is 2.20. The zero-order chi connectivity index (χ0) is 17.8. The van der Waals surface area contributed by atoms with E-state index in [0.717, 1.165) is 55.8 Å². The Morgan fingerprint density at radius 3 is 2.44 bits per heavy atom. The van der Waals surface area contributed by atoms with E-state index in [4.69, 9.17) is 0 Å². The summed E-state index contributed by atoms with van der Waals surface area (Å²) in [6.07, 6.45) is 0.956. The summed E-state index contributed by atoms with van der Waals surface area (Å²) in [7, 11) is 0. The van der Waals surface area contributed by atoms with Gasteiger partial charge in [-0.2, -0.15) is 0 Å². The molecule has 2 aromatic carbocycles. The van der Waals surface area contributed by atoms with Crippen molar-refractivity contribution in [2.24, 2.45) is 0 Å². The predicted molar refractivity (Wildman–Crippen MR) is 98.1 cm³/mol. The van der Waals surface area contributed by atoms with E-state index in [-0.39, 0.29) is 11.7 Å². The number of nitrogens with zero attached hydrogens (tertiary/aromatic N) is 2. The number of hydrogen-bond acceptors (Lipinski definition) is 2. The Morgan fingerprint density at radius 1 is 0.960 bits per heavy atom. The Balaban J connectivity index is 1.61. The first-order valence-corrected chi connectivity index (χ1v) is 8.86. The molecule has 25 heavy (non-hydrogen) atoms. The molecule has 1 aliphatic rings. The highest BCUT2D eigenvalue weighted by atomic mass is 19.1. The number of carbonyl (C=O) groups excluding carboxylic acids is 1. The van der Waals surface area contributed by atoms with Crippen molar-refractivity contribution in [1.82, 2.24) is 9.80 Å². The number of hydrogen-bond donors (Lipinski definition) is 0. The first-order chi connectivity index (χ1) is 12.0. The van der Waals surface area contributed by atoms with Gasteiger partial charge in [-0.05, 0) is 61.2 Å². The quantitative estimate of drug-likeness (QED) is 0.849. The van der Waals surface area contributed by atoms with Crippen LogP contribution in [0.2, 0.25) is 0 Å². The van der Waals surface area contributed by atoms with Gasteiger partial charge in [-0.3, -0.25) is 9.69 Å². The fourth-order valence-corrected chi connectivity index (χ4v) is 3.24. The summed E-state index contributed by atoms with van der Waals surface area (Å²) in [6, 6.07) is 12.6. The third-order valence-electron chi connectivity index (χ3n) is 4.95. The number of amides is 1. The minimum Gasteiger partial charge on any atom is -0.337 e. The molecule has 1 aliphatic heterocycles. The van der Waals surface area contributed by atoms with Crippen molar-refractivity contribution in [3.8, 4) is 0 Å². The fraction of sp³-hybridized carbons (Fsp3) is 0.381. The summed E-state index contributed by atoms with van der Waals surface area (Å²) in [5.41, 5.74) is 4.24. The first kappa shape index (κ1) is 17.6. The number of carbonyl (C=O) groups is 1. The molecule has 0 unspecified atom stereocenters. The van der Waals surface area contributed by atoms with Gasteiger partial charge in [0.05, 0.1) is 0 Å². The number of halogens is 1. The second-order valence-corrected chi connectivity index (χ2v) is 6.85.